The van der Waals surface area contributed by atoms with Crippen molar-refractivity contribution in [3.05, 3.63) is 59.4 Å². The summed E-state index contributed by atoms with van der Waals surface area (Å²) in [5.74, 6) is -1.46. The molecular formula is C21H21F4NO4S. The van der Waals surface area contributed by atoms with Crippen LogP contribution in [-0.2, 0) is 26.7 Å². The summed E-state index contributed by atoms with van der Waals surface area (Å²) in [6.07, 6.45) is -3.38. The summed E-state index contributed by atoms with van der Waals surface area (Å²) in [6, 6.07) is 8.13. The maximum atomic E-state index is 14.2. The van der Waals surface area contributed by atoms with Crippen molar-refractivity contribution in [2.45, 2.75) is 42.9 Å². The highest BCUT2D eigenvalue weighted by atomic mass is 32.2. The van der Waals surface area contributed by atoms with Crippen molar-refractivity contribution in [3.63, 3.8) is 0 Å². The predicted octanol–water partition coefficient (Wildman–Crippen LogP) is 3.96. The highest BCUT2D eigenvalue weighted by Crippen LogP contribution is 2.39. The van der Waals surface area contributed by atoms with E-state index in [1.807, 2.05) is 0 Å². The number of carbonyl (C=O) groups is 1. The minimum atomic E-state index is -5.00. The van der Waals surface area contributed by atoms with E-state index in [2.05, 4.69) is 5.32 Å². The first-order valence-corrected chi connectivity index (χ1v) is 11.2. The zero-order valence-electron chi connectivity index (χ0n) is 16.5. The molecule has 0 aliphatic heterocycles. The van der Waals surface area contributed by atoms with Crippen LogP contribution >= 0.6 is 0 Å². The van der Waals surface area contributed by atoms with Crippen LogP contribution in [0.4, 0.5) is 23.2 Å². The minimum Gasteiger partial charge on any atom is -0.376 e. The SMILES string of the molecule is CC(O)(c1ccc(NC(=O)Cc2ccc(S(=O)(=O)CC3CC3)cc2)c(F)c1)C(F)(F)F. The lowest BCUT2D eigenvalue weighted by molar-refractivity contribution is -0.258. The van der Waals surface area contributed by atoms with Gasteiger partial charge < -0.3 is 10.4 Å². The van der Waals surface area contributed by atoms with Gasteiger partial charge in [0.1, 0.15) is 5.82 Å². The van der Waals surface area contributed by atoms with E-state index in [9.17, 15) is 35.9 Å². The molecule has 10 heteroatoms. The molecular weight excluding hydrogens is 438 g/mol. The monoisotopic (exact) mass is 459 g/mol. The summed E-state index contributed by atoms with van der Waals surface area (Å²) in [4.78, 5) is 12.4. The van der Waals surface area contributed by atoms with Crippen LogP contribution in [-0.4, -0.2) is 31.4 Å². The fourth-order valence-electron chi connectivity index (χ4n) is 2.97. The summed E-state index contributed by atoms with van der Waals surface area (Å²) < 4.78 is 77.4. The Hall–Kier alpha value is -2.46. The molecule has 1 unspecified atom stereocenters. The number of amides is 1. The topological polar surface area (TPSA) is 83.5 Å². The van der Waals surface area contributed by atoms with Crippen molar-refractivity contribution in [3.8, 4) is 0 Å². The molecule has 2 N–H and O–H groups in total. The number of anilines is 1. The molecule has 1 aliphatic rings. The van der Waals surface area contributed by atoms with Gasteiger partial charge in [0.25, 0.3) is 0 Å². The van der Waals surface area contributed by atoms with E-state index in [1.165, 1.54) is 24.3 Å². The number of alkyl halides is 3. The van der Waals surface area contributed by atoms with Gasteiger partial charge in [-0.2, -0.15) is 13.2 Å². The first kappa shape index (κ1) is 23.2. The summed E-state index contributed by atoms with van der Waals surface area (Å²) in [5, 5.41) is 11.9. The molecule has 1 aliphatic carbocycles. The number of benzene rings is 2. The number of hydrogen-bond donors (Lipinski definition) is 2. The van der Waals surface area contributed by atoms with Gasteiger partial charge >= 0.3 is 6.18 Å². The molecule has 0 aromatic heterocycles. The van der Waals surface area contributed by atoms with Crippen molar-refractivity contribution >= 4 is 21.4 Å². The van der Waals surface area contributed by atoms with Crippen LogP contribution in [0.15, 0.2) is 47.4 Å². The average Bonchev–Trinajstić information content (AvgIpc) is 3.46. The lowest BCUT2D eigenvalue weighted by Gasteiger charge is -2.27. The Kier molecular flexibility index (Phi) is 6.16. The molecule has 0 bridgehead atoms. The van der Waals surface area contributed by atoms with E-state index in [0.717, 1.165) is 25.0 Å². The normalized spacial score (nSPS) is 16.6. The van der Waals surface area contributed by atoms with E-state index < -0.39 is 38.9 Å². The van der Waals surface area contributed by atoms with Gasteiger partial charge in [0.2, 0.25) is 5.91 Å². The maximum absolute atomic E-state index is 14.2. The van der Waals surface area contributed by atoms with Crippen LogP contribution in [0.3, 0.4) is 0 Å². The maximum Gasteiger partial charge on any atom is 0.421 e. The summed E-state index contributed by atoms with van der Waals surface area (Å²) in [7, 11) is -3.37. The second-order valence-corrected chi connectivity index (χ2v) is 9.89. The van der Waals surface area contributed by atoms with Crippen LogP contribution in [0.25, 0.3) is 0 Å². The Morgan fingerprint density at radius 2 is 1.74 bits per heavy atom. The molecule has 2 aromatic carbocycles. The molecule has 1 amide bonds. The molecule has 31 heavy (non-hydrogen) atoms. The quantitative estimate of drug-likeness (QED) is 0.614. The van der Waals surface area contributed by atoms with E-state index in [4.69, 9.17) is 0 Å². The first-order valence-electron chi connectivity index (χ1n) is 9.50. The molecule has 1 saturated carbocycles. The smallest absolute Gasteiger partial charge is 0.376 e. The number of carbonyl (C=O) groups excluding carboxylic acids is 1. The van der Waals surface area contributed by atoms with Crippen molar-refractivity contribution < 1.29 is 35.9 Å². The molecule has 0 spiro atoms. The molecule has 0 heterocycles. The van der Waals surface area contributed by atoms with Gasteiger partial charge in [-0.3, -0.25) is 4.79 Å². The highest BCUT2D eigenvalue weighted by molar-refractivity contribution is 7.91. The number of nitrogens with one attached hydrogen (secondary N) is 1. The minimum absolute atomic E-state index is 0.101. The van der Waals surface area contributed by atoms with Crippen LogP contribution in [0.5, 0.6) is 0 Å². The van der Waals surface area contributed by atoms with Gasteiger partial charge in [0, 0.05) is 0 Å². The van der Waals surface area contributed by atoms with E-state index in [1.54, 1.807) is 0 Å². The van der Waals surface area contributed by atoms with Crippen molar-refractivity contribution in [1.29, 1.82) is 0 Å². The first-order chi connectivity index (χ1) is 14.3. The molecule has 168 valence electrons. The third kappa shape index (κ3) is 5.43. The molecule has 0 saturated heterocycles. The van der Waals surface area contributed by atoms with Gasteiger partial charge in [-0.1, -0.05) is 18.2 Å². The second-order valence-electron chi connectivity index (χ2n) is 7.86. The number of hydrogen-bond acceptors (Lipinski definition) is 4. The van der Waals surface area contributed by atoms with Gasteiger partial charge in [-0.25, -0.2) is 12.8 Å². The zero-order valence-corrected chi connectivity index (χ0v) is 17.4. The molecule has 0 radical (unpaired) electrons. The Balaban J connectivity index is 1.65. The summed E-state index contributed by atoms with van der Waals surface area (Å²) in [5.41, 5.74) is -3.79. The predicted molar refractivity (Wildman–Crippen MR) is 106 cm³/mol. The molecule has 2 aromatic rings. The van der Waals surface area contributed by atoms with E-state index in [-0.39, 0.29) is 28.7 Å². The standard InChI is InChI=1S/C21H21F4NO4S/c1-20(28,21(23,24)25)15-6-9-18(17(22)11-15)26-19(27)10-13-4-7-16(8-5-13)31(29,30)12-14-2-3-14/h4-9,11,14,28H,2-3,10,12H2,1H3,(H,26,27). The number of rotatable bonds is 7. The zero-order chi connectivity index (χ0) is 23.0. The molecule has 3 rings (SSSR count). The fraction of sp³-hybridized carbons (Fsp3) is 0.381. The van der Waals surface area contributed by atoms with E-state index in [0.29, 0.717) is 18.6 Å². The summed E-state index contributed by atoms with van der Waals surface area (Å²) in [6.45, 7) is 0.508. The van der Waals surface area contributed by atoms with E-state index >= 15 is 0 Å². The largest absolute Gasteiger partial charge is 0.421 e. The third-order valence-corrected chi connectivity index (χ3v) is 7.06. The van der Waals surface area contributed by atoms with Gasteiger partial charge in [-0.05, 0) is 61.1 Å². The van der Waals surface area contributed by atoms with Gasteiger partial charge in [0.15, 0.2) is 15.4 Å². The van der Waals surface area contributed by atoms with Gasteiger partial charge in [-0.15, -0.1) is 0 Å². The van der Waals surface area contributed by atoms with Crippen molar-refractivity contribution in [2.24, 2.45) is 5.92 Å². The van der Waals surface area contributed by atoms with Gasteiger partial charge in [0.05, 0.1) is 22.8 Å². The Bertz CT molecular complexity index is 1080. The highest BCUT2D eigenvalue weighted by Gasteiger charge is 2.51. The molecule has 1 fully saturated rings. The second kappa shape index (κ2) is 8.23. The Labute approximate surface area is 177 Å². The van der Waals surface area contributed by atoms with Crippen LogP contribution in [0.2, 0.25) is 0 Å². The van der Waals surface area contributed by atoms with Crippen LogP contribution < -0.4 is 5.32 Å². The summed E-state index contributed by atoms with van der Waals surface area (Å²) >= 11 is 0. The number of aliphatic hydroxyl groups is 1. The fourth-order valence-corrected chi connectivity index (χ4v) is 4.67. The number of halogens is 4. The van der Waals surface area contributed by atoms with Crippen LogP contribution in [0, 0.1) is 11.7 Å². The average molecular weight is 459 g/mol. The Morgan fingerprint density at radius 1 is 1.13 bits per heavy atom. The van der Waals surface area contributed by atoms with Crippen molar-refractivity contribution in [2.75, 3.05) is 11.1 Å². The van der Waals surface area contributed by atoms with Crippen molar-refractivity contribution in [1.82, 2.24) is 0 Å². The molecule has 5 nitrogen and oxygen atoms in total. The Morgan fingerprint density at radius 3 is 2.26 bits per heavy atom. The molecule has 1 atom stereocenters. The number of sulfone groups is 1. The lowest BCUT2D eigenvalue weighted by Crippen LogP contribution is -2.39. The third-order valence-electron chi connectivity index (χ3n) is 5.16. The van der Waals surface area contributed by atoms with Crippen LogP contribution in [0.1, 0.15) is 30.9 Å². The lowest BCUT2D eigenvalue weighted by atomic mass is 9.95.